The van der Waals surface area contributed by atoms with Gasteiger partial charge in [-0.2, -0.15) is 13.2 Å². The Morgan fingerprint density at radius 3 is 2.57 bits per heavy atom. The van der Waals surface area contributed by atoms with Crippen molar-refractivity contribution in [1.82, 2.24) is 4.90 Å². The molecule has 1 aromatic carbocycles. The maximum Gasteiger partial charge on any atom is 0.416 e. The highest BCUT2D eigenvalue weighted by atomic mass is 19.4. The molecule has 3 nitrogen and oxygen atoms in total. The molecule has 2 N–H and O–H groups in total. The van der Waals surface area contributed by atoms with Crippen molar-refractivity contribution in [2.24, 2.45) is 5.73 Å². The normalized spacial score (nSPS) is 24.1. The van der Waals surface area contributed by atoms with E-state index in [1.54, 1.807) is 0 Å². The van der Waals surface area contributed by atoms with E-state index < -0.39 is 29.6 Å². The van der Waals surface area contributed by atoms with Crippen molar-refractivity contribution in [1.29, 1.82) is 0 Å². The summed E-state index contributed by atoms with van der Waals surface area (Å²) in [6.45, 7) is 0. The highest BCUT2D eigenvalue weighted by Crippen LogP contribution is 2.35. The summed E-state index contributed by atoms with van der Waals surface area (Å²) >= 11 is 0. The predicted octanol–water partition coefficient (Wildman–Crippen LogP) is 2.86. The zero-order chi connectivity index (χ0) is 15.8. The fraction of sp³-hybridized carbons (Fsp3) is 0.500. The average molecular weight is 304 g/mol. The van der Waals surface area contributed by atoms with Crippen LogP contribution < -0.4 is 5.73 Å². The van der Waals surface area contributed by atoms with Crippen LogP contribution in [0.25, 0.3) is 0 Å². The summed E-state index contributed by atoms with van der Waals surface area (Å²) in [5, 5.41) is 0. The molecule has 1 heterocycles. The first kappa shape index (κ1) is 15.8. The lowest BCUT2D eigenvalue weighted by molar-refractivity contribution is -0.137. The number of amides is 1. The Morgan fingerprint density at radius 2 is 1.95 bits per heavy atom. The van der Waals surface area contributed by atoms with Gasteiger partial charge in [0.1, 0.15) is 5.82 Å². The van der Waals surface area contributed by atoms with Crippen molar-refractivity contribution in [3.63, 3.8) is 0 Å². The predicted molar refractivity (Wildman–Crippen MR) is 68.7 cm³/mol. The monoisotopic (exact) mass is 304 g/mol. The van der Waals surface area contributed by atoms with Crippen molar-refractivity contribution >= 4 is 5.91 Å². The molecule has 0 spiro atoms. The number of nitrogens with two attached hydrogens (primary N) is 1. The molecule has 2 atom stereocenters. The van der Waals surface area contributed by atoms with Crippen molar-refractivity contribution < 1.29 is 22.4 Å². The second-order valence-electron chi connectivity index (χ2n) is 5.28. The molecule has 0 bridgehead atoms. The number of benzene rings is 1. The van der Waals surface area contributed by atoms with Crippen LogP contribution in [0.1, 0.15) is 36.4 Å². The Bertz CT molecular complexity index is 544. The molecule has 2 unspecified atom stereocenters. The summed E-state index contributed by atoms with van der Waals surface area (Å²) < 4.78 is 51.9. The fourth-order valence-corrected chi connectivity index (χ4v) is 2.68. The van der Waals surface area contributed by atoms with E-state index in [-0.39, 0.29) is 11.5 Å². The van der Waals surface area contributed by atoms with E-state index in [0.717, 1.165) is 12.1 Å². The topological polar surface area (TPSA) is 46.3 Å². The van der Waals surface area contributed by atoms with Crippen LogP contribution in [0, 0.1) is 5.82 Å². The number of likely N-dealkylation sites (N-methyl/N-ethyl adjacent to an activating group) is 1. The Balaban J connectivity index is 2.48. The zero-order valence-corrected chi connectivity index (χ0v) is 11.5. The zero-order valence-electron chi connectivity index (χ0n) is 11.5. The minimum Gasteiger partial charge on any atom is -0.337 e. The number of likely N-dealkylation sites (tertiary alicyclic amines) is 1. The van der Waals surface area contributed by atoms with Gasteiger partial charge < -0.3 is 10.6 Å². The molecule has 0 aromatic heterocycles. The smallest absolute Gasteiger partial charge is 0.337 e. The molecule has 1 amide bonds. The fourth-order valence-electron chi connectivity index (χ4n) is 2.68. The molecule has 1 aliphatic heterocycles. The van der Waals surface area contributed by atoms with Gasteiger partial charge in [-0.25, -0.2) is 4.39 Å². The third kappa shape index (κ3) is 3.34. The summed E-state index contributed by atoms with van der Waals surface area (Å²) in [6, 6.07) is 1.03. The maximum absolute atomic E-state index is 13.5. The van der Waals surface area contributed by atoms with Gasteiger partial charge in [-0.3, -0.25) is 4.79 Å². The highest BCUT2D eigenvalue weighted by molar-refractivity contribution is 5.76. The molecule has 1 aromatic rings. The van der Waals surface area contributed by atoms with Crippen molar-refractivity contribution in [2.75, 3.05) is 7.05 Å². The highest BCUT2D eigenvalue weighted by Gasteiger charge is 2.35. The Hall–Kier alpha value is -1.63. The summed E-state index contributed by atoms with van der Waals surface area (Å²) in [4.78, 5) is 13.2. The Morgan fingerprint density at radius 1 is 1.29 bits per heavy atom. The van der Waals surface area contributed by atoms with Gasteiger partial charge in [0.25, 0.3) is 0 Å². The number of alkyl halides is 3. The third-order valence-electron chi connectivity index (χ3n) is 3.73. The van der Waals surface area contributed by atoms with Crippen LogP contribution in [-0.4, -0.2) is 23.9 Å². The molecule has 1 aliphatic rings. The first-order valence-electron chi connectivity index (χ1n) is 6.59. The van der Waals surface area contributed by atoms with Crippen LogP contribution in [0.5, 0.6) is 0 Å². The third-order valence-corrected chi connectivity index (χ3v) is 3.73. The largest absolute Gasteiger partial charge is 0.416 e. The number of carbonyl (C=O) groups is 1. The molecule has 116 valence electrons. The Labute approximate surface area is 119 Å². The Kier molecular flexibility index (Phi) is 4.22. The summed E-state index contributed by atoms with van der Waals surface area (Å²) in [5.74, 6) is -1.19. The summed E-state index contributed by atoms with van der Waals surface area (Å²) in [6.07, 6.45) is -3.28. The van der Waals surface area contributed by atoms with Gasteiger partial charge in [0.05, 0.1) is 11.6 Å². The van der Waals surface area contributed by atoms with Crippen LogP contribution in [0.3, 0.4) is 0 Å². The van der Waals surface area contributed by atoms with Gasteiger partial charge in [0, 0.05) is 19.5 Å². The lowest BCUT2D eigenvalue weighted by Gasteiger charge is -2.31. The lowest BCUT2D eigenvalue weighted by Crippen LogP contribution is -2.40. The first-order valence-corrected chi connectivity index (χ1v) is 6.59. The standard InChI is InChI=1S/C14H16F4N2O/c1-20-12(21)4-2-3-11(19)13(20)8-5-9(14(16,17)18)7-10(15)6-8/h5-7,11,13H,2-4,19H2,1H3. The number of carbonyl (C=O) groups excluding carboxylic acids is 1. The molecule has 1 fully saturated rings. The van der Waals surface area contributed by atoms with Crippen molar-refractivity contribution in [2.45, 2.75) is 37.5 Å². The van der Waals surface area contributed by atoms with Gasteiger partial charge >= 0.3 is 6.18 Å². The van der Waals surface area contributed by atoms with Gasteiger partial charge in [-0.05, 0) is 36.6 Å². The van der Waals surface area contributed by atoms with E-state index in [2.05, 4.69) is 0 Å². The SMILES string of the molecule is CN1C(=O)CCCC(N)C1c1cc(F)cc(C(F)(F)F)c1. The van der Waals surface area contributed by atoms with Crippen molar-refractivity contribution in [3.05, 3.63) is 35.1 Å². The van der Waals surface area contributed by atoms with Crippen LogP contribution in [-0.2, 0) is 11.0 Å². The van der Waals surface area contributed by atoms with E-state index in [0.29, 0.717) is 25.3 Å². The number of hydrogen-bond donors (Lipinski definition) is 1. The summed E-state index contributed by atoms with van der Waals surface area (Å²) in [7, 11) is 1.48. The van der Waals surface area contributed by atoms with Gasteiger partial charge in [0.15, 0.2) is 0 Å². The minimum absolute atomic E-state index is 0.0765. The second kappa shape index (κ2) is 5.63. The quantitative estimate of drug-likeness (QED) is 0.811. The number of rotatable bonds is 1. The molecule has 2 rings (SSSR count). The molecule has 0 aliphatic carbocycles. The van der Waals surface area contributed by atoms with Gasteiger partial charge in [-0.1, -0.05) is 0 Å². The maximum atomic E-state index is 13.5. The van der Waals surface area contributed by atoms with Gasteiger partial charge in [0.2, 0.25) is 5.91 Å². The van der Waals surface area contributed by atoms with Crippen LogP contribution in [0.2, 0.25) is 0 Å². The second-order valence-corrected chi connectivity index (χ2v) is 5.28. The molecular weight excluding hydrogens is 288 g/mol. The molecular formula is C14H16F4N2O. The minimum atomic E-state index is -4.64. The van der Waals surface area contributed by atoms with Crippen LogP contribution in [0.4, 0.5) is 17.6 Å². The lowest BCUT2D eigenvalue weighted by atomic mass is 9.95. The summed E-state index contributed by atoms with van der Waals surface area (Å²) in [5.41, 5.74) is 4.98. The van der Waals surface area contributed by atoms with E-state index in [9.17, 15) is 22.4 Å². The molecule has 0 radical (unpaired) electrons. The van der Waals surface area contributed by atoms with Crippen LogP contribution in [0.15, 0.2) is 18.2 Å². The van der Waals surface area contributed by atoms with Crippen molar-refractivity contribution in [3.8, 4) is 0 Å². The van der Waals surface area contributed by atoms with E-state index in [4.69, 9.17) is 5.73 Å². The number of halogens is 4. The van der Waals surface area contributed by atoms with Crippen LogP contribution >= 0.6 is 0 Å². The molecule has 1 saturated heterocycles. The van der Waals surface area contributed by atoms with E-state index in [1.807, 2.05) is 0 Å². The number of nitrogens with zero attached hydrogens (tertiary/aromatic N) is 1. The molecule has 7 heteroatoms. The van der Waals surface area contributed by atoms with E-state index >= 15 is 0 Å². The molecule has 0 saturated carbocycles. The molecule has 21 heavy (non-hydrogen) atoms. The van der Waals surface area contributed by atoms with Gasteiger partial charge in [-0.15, -0.1) is 0 Å². The number of hydrogen-bond acceptors (Lipinski definition) is 2. The average Bonchev–Trinajstić information content (AvgIpc) is 2.48. The first-order chi connectivity index (χ1) is 9.70. The van der Waals surface area contributed by atoms with E-state index in [1.165, 1.54) is 11.9 Å².